The van der Waals surface area contributed by atoms with Crippen molar-refractivity contribution in [2.75, 3.05) is 13.1 Å². The van der Waals surface area contributed by atoms with Crippen molar-refractivity contribution in [3.05, 3.63) is 64.1 Å². The molecule has 1 heterocycles. The number of phenols is 1. The maximum atomic E-state index is 13.0. The van der Waals surface area contributed by atoms with Crippen molar-refractivity contribution < 1.29 is 19.4 Å². The monoisotopic (exact) mass is 417 g/mol. The maximum Gasteiger partial charge on any atom is 0.343 e. The van der Waals surface area contributed by atoms with Gasteiger partial charge in [-0.1, -0.05) is 46.3 Å². The molecule has 1 atom stereocenters. The minimum atomic E-state index is -1.03. The molecule has 1 saturated heterocycles. The normalized spacial score (nSPS) is 15.3. The van der Waals surface area contributed by atoms with E-state index in [4.69, 9.17) is 4.74 Å². The lowest BCUT2D eigenvalue weighted by molar-refractivity contribution is -0.142. The molecule has 136 valence electrons. The van der Waals surface area contributed by atoms with E-state index in [1.165, 1.54) is 12.1 Å². The molecule has 5 nitrogen and oxygen atoms in total. The number of likely N-dealkylation sites (tertiary alicyclic amines) is 1. The van der Waals surface area contributed by atoms with Gasteiger partial charge >= 0.3 is 5.97 Å². The molecule has 1 aliphatic heterocycles. The van der Waals surface area contributed by atoms with Crippen molar-refractivity contribution in [3.8, 4) is 5.75 Å². The predicted molar refractivity (Wildman–Crippen MR) is 101 cm³/mol. The SMILES string of the molecule is O=C(O[C@H](C(=O)N1CCCCC1)c1ccccc1)c1cc(Br)ccc1O. The number of ether oxygens (including phenoxy) is 1. The van der Waals surface area contributed by atoms with Crippen LogP contribution in [0, 0.1) is 0 Å². The van der Waals surface area contributed by atoms with Crippen LogP contribution in [0.3, 0.4) is 0 Å². The maximum absolute atomic E-state index is 13.0. The zero-order valence-electron chi connectivity index (χ0n) is 14.2. The molecule has 6 heteroatoms. The van der Waals surface area contributed by atoms with E-state index < -0.39 is 12.1 Å². The summed E-state index contributed by atoms with van der Waals surface area (Å²) in [6.45, 7) is 1.34. The lowest BCUT2D eigenvalue weighted by Gasteiger charge is -2.30. The van der Waals surface area contributed by atoms with Crippen molar-refractivity contribution in [2.24, 2.45) is 0 Å². The van der Waals surface area contributed by atoms with Gasteiger partial charge in [0.05, 0.1) is 0 Å². The van der Waals surface area contributed by atoms with Gasteiger partial charge < -0.3 is 14.7 Å². The number of nitrogens with zero attached hydrogens (tertiary/aromatic N) is 1. The zero-order chi connectivity index (χ0) is 18.5. The summed E-state index contributed by atoms with van der Waals surface area (Å²) < 4.78 is 6.20. The summed E-state index contributed by atoms with van der Waals surface area (Å²) in [4.78, 5) is 27.4. The Bertz CT molecular complexity index is 788. The Hall–Kier alpha value is -2.34. The number of halogens is 1. The Balaban J connectivity index is 1.87. The van der Waals surface area contributed by atoms with Crippen LogP contribution in [0.15, 0.2) is 53.0 Å². The third-order valence-corrected chi connectivity index (χ3v) is 4.89. The second-order valence-corrected chi connectivity index (χ2v) is 7.16. The van der Waals surface area contributed by atoms with Gasteiger partial charge in [0.25, 0.3) is 5.91 Å². The molecule has 1 amide bonds. The van der Waals surface area contributed by atoms with Gasteiger partial charge in [-0.2, -0.15) is 0 Å². The number of esters is 1. The molecule has 1 aliphatic rings. The fraction of sp³-hybridized carbons (Fsp3) is 0.300. The molecule has 2 aromatic carbocycles. The number of hydrogen-bond acceptors (Lipinski definition) is 4. The molecule has 26 heavy (non-hydrogen) atoms. The minimum absolute atomic E-state index is 0.0201. The van der Waals surface area contributed by atoms with Crippen molar-refractivity contribution in [2.45, 2.75) is 25.4 Å². The number of carbonyl (C=O) groups is 2. The molecular weight excluding hydrogens is 398 g/mol. The first kappa shape index (κ1) is 18.5. The van der Waals surface area contributed by atoms with Gasteiger partial charge in [-0.3, -0.25) is 4.79 Å². The van der Waals surface area contributed by atoms with Crippen LogP contribution in [0.1, 0.15) is 41.3 Å². The molecule has 0 spiro atoms. The van der Waals surface area contributed by atoms with E-state index in [0.29, 0.717) is 23.1 Å². The zero-order valence-corrected chi connectivity index (χ0v) is 15.8. The number of benzene rings is 2. The highest BCUT2D eigenvalue weighted by molar-refractivity contribution is 9.10. The number of carbonyl (C=O) groups excluding carboxylic acids is 2. The first-order chi connectivity index (χ1) is 12.6. The lowest BCUT2D eigenvalue weighted by atomic mass is 10.1. The van der Waals surface area contributed by atoms with Gasteiger partial charge in [-0.25, -0.2) is 4.79 Å². The highest BCUT2D eigenvalue weighted by Crippen LogP contribution is 2.27. The lowest BCUT2D eigenvalue weighted by Crippen LogP contribution is -2.40. The van der Waals surface area contributed by atoms with E-state index in [0.717, 1.165) is 19.3 Å². The number of piperidine rings is 1. The number of amides is 1. The molecule has 0 aromatic heterocycles. The second-order valence-electron chi connectivity index (χ2n) is 6.24. The van der Waals surface area contributed by atoms with Gasteiger partial charge in [-0.15, -0.1) is 0 Å². The predicted octanol–water partition coefficient (Wildman–Crippen LogP) is 4.07. The van der Waals surface area contributed by atoms with Crippen molar-refractivity contribution in [1.82, 2.24) is 4.90 Å². The summed E-state index contributed by atoms with van der Waals surface area (Å²) in [7, 11) is 0. The summed E-state index contributed by atoms with van der Waals surface area (Å²) in [6, 6.07) is 13.5. The Labute approximate surface area is 160 Å². The van der Waals surface area contributed by atoms with Gasteiger partial charge in [0.1, 0.15) is 11.3 Å². The average Bonchev–Trinajstić information content (AvgIpc) is 2.68. The third kappa shape index (κ3) is 4.25. The number of hydrogen-bond donors (Lipinski definition) is 1. The Morgan fingerprint density at radius 2 is 1.73 bits per heavy atom. The van der Waals surface area contributed by atoms with Gasteiger partial charge in [-0.05, 0) is 37.5 Å². The second kappa shape index (κ2) is 8.36. The smallest absolute Gasteiger partial charge is 0.343 e. The Morgan fingerprint density at radius 1 is 1.04 bits per heavy atom. The van der Waals surface area contributed by atoms with Gasteiger partial charge in [0, 0.05) is 23.1 Å². The Kier molecular flexibility index (Phi) is 5.93. The van der Waals surface area contributed by atoms with Crippen LogP contribution in [-0.4, -0.2) is 35.0 Å². The molecule has 0 unspecified atom stereocenters. The fourth-order valence-electron chi connectivity index (χ4n) is 3.01. The van der Waals surface area contributed by atoms with E-state index in [1.54, 1.807) is 35.2 Å². The van der Waals surface area contributed by atoms with E-state index in [1.807, 2.05) is 6.07 Å². The summed E-state index contributed by atoms with van der Waals surface area (Å²) in [5.74, 6) is -1.14. The number of aromatic hydroxyl groups is 1. The molecule has 0 bridgehead atoms. The summed E-state index contributed by atoms with van der Waals surface area (Å²) in [6.07, 6.45) is 1.98. The molecule has 1 fully saturated rings. The van der Waals surface area contributed by atoms with Crippen LogP contribution in [0.2, 0.25) is 0 Å². The van der Waals surface area contributed by atoms with Crippen LogP contribution >= 0.6 is 15.9 Å². The first-order valence-corrected chi connectivity index (χ1v) is 9.39. The van der Waals surface area contributed by atoms with E-state index in [9.17, 15) is 14.7 Å². The van der Waals surface area contributed by atoms with E-state index in [2.05, 4.69) is 15.9 Å². The van der Waals surface area contributed by atoms with Crippen molar-refractivity contribution in [1.29, 1.82) is 0 Å². The van der Waals surface area contributed by atoms with Crippen LogP contribution in [-0.2, 0) is 9.53 Å². The van der Waals surface area contributed by atoms with Gasteiger partial charge in [0.15, 0.2) is 0 Å². The third-order valence-electron chi connectivity index (χ3n) is 4.40. The highest BCUT2D eigenvalue weighted by atomic mass is 79.9. The summed E-state index contributed by atoms with van der Waals surface area (Å²) >= 11 is 3.27. The first-order valence-electron chi connectivity index (χ1n) is 8.59. The number of phenolic OH excluding ortho intramolecular Hbond substituents is 1. The quantitative estimate of drug-likeness (QED) is 0.761. The summed E-state index contributed by atoms with van der Waals surface area (Å²) in [5.41, 5.74) is 0.637. The highest BCUT2D eigenvalue weighted by Gasteiger charge is 2.31. The summed E-state index contributed by atoms with van der Waals surface area (Å²) in [5, 5.41) is 9.96. The van der Waals surface area contributed by atoms with E-state index >= 15 is 0 Å². The largest absolute Gasteiger partial charge is 0.507 e. The minimum Gasteiger partial charge on any atom is -0.507 e. The van der Waals surface area contributed by atoms with Crippen LogP contribution in [0.5, 0.6) is 5.75 Å². The van der Waals surface area contributed by atoms with Crippen LogP contribution in [0.25, 0.3) is 0 Å². The van der Waals surface area contributed by atoms with Gasteiger partial charge in [0.2, 0.25) is 6.10 Å². The molecule has 0 saturated carbocycles. The molecule has 2 aromatic rings. The molecule has 0 radical (unpaired) electrons. The van der Waals surface area contributed by atoms with Crippen molar-refractivity contribution in [3.63, 3.8) is 0 Å². The van der Waals surface area contributed by atoms with Crippen molar-refractivity contribution >= 4 is 27.8 Å². The van der Waals surface area contributed by atoms with Crippen LogP contribution in [0.4, 0.5) is 0 Å². The topological polar surface area (TPSA) is 66.8 Å². The molecule has 3 rings (SSSR count). The Morgan fingerprint density at radius 3 is 2.42 bits per heavy atom. The fourth-order valence-corrected chi connectivity index (χ4v) is 3.37. The molecule has 0 aliphatic carbocycles. The standard InChI is InChI=1S/C20H20BrNO4/c21-15-9-10-17(23)16(13-15)20(25)26-18(14-7-3-1-4-8-14)19(24)22-11-5-2-6-12-22/h1,3-4,7-10,13,18,23H,2,5-6,11-12H2/t18-/m0/s1. The molecular formula is C20H20BrNO4. The number of rotatable bonds is 4. The average molecular weight is 418 g/mol. The molecule has 1 N–H and O–H groups in total. The van der Waals surface area contributed by atoms with Crippen LogP contribution < -0.4 is 0 Å². The van der Waals surface area contributed by atoms with E-state index in [-0.39, 0.29) is 17.2 Å².